The van der Waals surface area contributed by atoms with Crippen LogP contribution < -0.4 is 15.4 Å². The van der Waals surface area contributed by atoms with Crippen molar-refractivity contribution in [2.24, 2.45) is 4.99 Å². The van der Waals surface area contributed by atoms with Gasteiger partial charge >= 0.3 is 0 Å². The minimum Gasteiger partial charge on any atom is -0.508 e. The summed E-state index contributed by atoms with van der Waals surface area (Å²) in [5.41, 5.74) is 0.759. The lowest BCUT2D eigenvalue weighted by atomic mass is 10.2. The molecule has 2 atom stereocenters. The van der Waals surface area contributed by atoms with Gasteiger partial charge in [-0.1, -0.05) is 0 Å². The molecule has 2 rings (SSSR count). The molecule has 7 heteroatoms. The van der Waals surface area contributed by atoms with E-state index in [4.69, 9.17) is 4.74 Å². The topological polar surface area (TPSA) is 65.9 Å². The zero-order valence-electron chi connectivity index (χ0n) is 14.5. The smallest absolute Gasteiger partial charge is 0.191 e. The Hall–Kier alpha value is -0.830. The first-order chi connectivity index (χ1) is 11.2. The molecule has 24 heavy (non-hydrogen) atoms. The van der Waals surface area contributed by atoms with E-state index in [9.17, 15) is 5.11 Å². The third-order valence-corrected chi connectivity index (χ3v) is 5.19. The number of hydrogen-bond acceptors (Lipinski definition) is 4. The van der Waals surface area contributed by atoms with Gasteiger partial charge in [0.05, 0.1) is 13.7 Å². The van der Waals surface area contributed by atoms with Gasteiger partial charge in [0, 0.05) is 23.4 Å². The molecule has 136 valence electrons. The molecule has 0 heterocycles. The van der Waals surface area contributed by atoms with E-state index < -0.39 is 0 Å². The van der Waals surface area contributed by atoms with Crippen LogP contribution in [0.5, 0.6) is 11.5 Å². The first kappa shape index (κ1) is 21.2. The van der Waals surface area contributed by atoms with Crippen LogP contribution in [0, 0.1) is 0 Å². The fraction of sp³-hybridized carbons (Fsp3) is 0.588. The van der Waals surface area contributed by atoms with E-state index in [0.717, 1.165) is 29.1 Å². The normalized spacial score (nSPS) is 20.4. The SMILES string of the molecule is CCNC(=NCc1cc(OC)ccc1O)NC1CCC(SC)C1.I. The van der Waals surface area contributed by atoms with Crippen molar-refractivity contribution in [2.45, 2.75) is 44.0 Å². The molecule has 1 saturated carbocycles. The maximum atomic E-state index is 9.96. The second kappa shape index (κ2) is 10.9. The standard InChI is InChI=1S/C17H27N3O2S.HI/c1-4-18-17(20-13-5-7-15(10-13)23-3)19-11-12-9-14(22-2)6-8-16(12)21;/h6,8-9,13,15,21H,4-5,7,10-11H2,1-3H3,(H2,18,19,20);1H. The number of phenolic OH excluding ortho intramolecular Hbond substituents is 1. The maximum Gasteiger partial charge on any atom is 0.191 e. The number of aromatic hydroxyl groups is 1. The summed E-state index contributed by atoms with van der Waals surface area (Å²) < 4.78 is 5.20. The quantitative estimate of drug-likeness (QED) is 0.342. The first-order valence-electron chi connectivity index (χ1n) is 8.09. The molecule has 5 nitrogen and oxygen atoms in total. The molecule has 0 amide bonds. The minimum atomic E-state index is 0. The average molecular weight is 465 g/mol. The van der Waals surface area contributed by atoms with E-state index in [0.29, 0.717) is 12.6 Å². The van der Waals surface area contributed by atoms with Gasteiger partial charge in [0.25, 0.3) is 0 Å². The number of rotatable bonds is 6. The molecule has 0 aromatic heterocycles. The van der Waals surface area contributed by atoms with Gasteiger partial charge in [0.2, 0.25) is 0 Å². The Balaban J connectivity index is 0.00000288. The highest BCUT2D eigenvalue weighted by molar-refractivity contribution is 14.0. The molecule has 0 bridgehead atoms. The van der Waals surface area contributed by atoms with Crippen molar-refractivity contribution in [3.8, 4) is 11.5 Å². The predicted molar refractivity (Wildman–Crippen MR) is 113 cm³/mol. The van der Waals surface area contributed by atoms with Crippen LogP contribution in [0.4, 0.5) is 0 Å². The Morgan fingerprint density at radius 3 is 2.83 bits per heavy atom. The molecular weight excluding hydrogens is 437 g/mol. The molecule has 1 fully saturated rings. The zero-order chi connectivity index (χ0) is 16.7. The van der Waals surface area contributed by atoms with Gasteiger partial charge in [0.1, 0.15) is 11.5 Å². The van der Waals surface area contributed by atoms with E-state index in [-0.39, 0.29) is 29.7 Å². The monoisotopic (exact) mass is 465 g/mol. The highest BCUT2D eigenvalue weighted by Gasteiger charge is 2.24. The van der Waals surface area contributed by atoms with Crippen LogP contribution in [0.25, 0.3) is 0 Å². The van der Waals surface area contributed by atoms with Gasteiger partial charge < -0.3 is 20.5 Å². The maximum absolute atomic E-state index is 9.96. The van der Waals surface area contributed by atoms with Crippen LogP contribution in [0.3, 0.4) is 0 Å². The number of methoxy groups -OCH3 is 1. The minimum absolute atomic E-state index is 0. The van der Waals surface area contributed by atoms with Crippen molar-refractivity contribution < 1.29 is 9.84 Å². The summed E-state index contributed by atoms with van der Waals surface area (Å²) in [6.07, 6.45) is 5.79. The molecule has 1 aromatic rings. The number of ether oxygens (including phenoxy) is 1. The summed E-state index contributed by atoms with van der Waals surface area (Å²) in [4.78, 5) is 4.61. The van der Waals surface area contributed by atoms with Crippen molar-refractivity contribution in [1.82, 2.24) is 10.6 Å². The fourth-order valence-electron chi connectivity index (χ4n) is 2.78. The Bertz CT molecular complexity index is 543. The zero-order valence-corrected chi connectivity index (χ0v) is 17.7. The lowest BCUT2D eigenvalue weighted by molar-refractivity contribution is 0.411. The van der Waals surface area contributed by atoms with Crippen LogP contribution >= 0.6 is 35.7 Å². The van der Waals surface area contributed by atoms with E-state index >= 15 is 0 Å². The van der Waals surface area contributed by atoms with Gasteiger partial charge in [-0.3, -0.25) is 0 Å². The molecule has 0 saturated heterocycles. The Labute approximate surface area is 166 Å². The number of nitrogens with zero attached hydrogens (tertiary/aromatic N) is 1. The summed E-state index contributed by atoms with van der Waals surface area (Å²) in [6.45, 7) is 3.28. The summed E-state index contributed by atoms with van der Waals surface area (Å²) in [7, 11) is 1.62. The van der Waals surface area contributed by atoms with Crippen LogP contribution in [-0.4, -0.2) is 42.3 Å². The molecule has 0 aliphatic heterocycles. The van der Waals surface area contributed by atoms with Crippen molar-refractivity contribution in [3.63, 3.8) is 0 Å². The third kappa shape index (κ3) is 6.23. The Morgan fingerprint density at radius 1 is 1.42 bits per heavy atom. The summed E-state index contributed by atoms with van der Waals surface area (Å²) >= 11 is 1.95. The van der Waals surface area contributed by atoms with E-state index in [2.05, 4.69) is 28.8 Å². The van der Waals surface area contributed by atoms with Gasteiger partial charge in [-0.2, -0.15) is 11.8 Å². The lowest BCUT2D eigenvalue weighted by Crippen LogP contribution is -2.42. The summed E-state index contributed by atoms with van der Waals surface area (Å²) in [6, 6.07) is 5.68. The van der Waals surface area contributed by atoms with E-state index in [1.807, 2.05) is 17.8 Å². The third-order valence-electron chi connectivity index (χ3n) is 4.10. The van der Waals surface area contributed by atoms with Crippen molar-refractivity contribution in [1.29, 1.82) is 0 Å². The number of aliphatic imine (C=N–C) groups is 1. The molecular formula is C17H28IN3O2S. The van der Waals surface area contributed by atoms with Crippen LogP contribution in [0.15, 0.2) is 23.2 Å². The summed E-state index contributed by atoms with van der Waals surface area (Å²) in [5, 5.41) is 17.5. The predicted octanol–water partition coefficient (Wildman–Crippen LogP) is 3.36. The number of halogens is 1. The molecule has 1 aliphatic rings. The van der Waals surface area contributed by atoms with Crippen LogP contribution in [0.2, 0.25) is 0 Å². The molecule has 2 unspecified atom stereocenters. The number of nitrogens with one attached hydrogen (secondary N) is 2. The lowest BCUT2D eigenvalue weighted by Gasteiger charge is -2.17. The van der Waals surface area contributed by atoms with Gasteiger partial charge in [0.15, 0.2) is 5.96 Å². The van der Waals surface area contributed by atoms with Crippen LogP contribution in [-0.2, 0) is 6.54 Å². The number of thioether (sulfide) groups is 1. The number of phenols is 1. The Morgan fingerprint density at radius 2 is 2.21 bits per heavy atom. The van der Waals surface area contributed by atoms with Gasteiger partial charge in [-0.05, 0) is 50.6 Å². The Kier molecular flexibility index (Phi) is 9.65. The molecule has 1 aromatic carbocycles. The van der Waals surface area contributed by atoms with Crippen molar-refractivity contribution >= 4 is 41.7 Å². The van der Waals surface area contributed by atoms with Crippen molar-refractivity contribution in [2.75, 3.05) is 19.9 Å². The van der Waals surface area contributed by atoms with Crippen LogP contribution in [0.1, 0.15) is 31.7 Å². The summed E-state index contributed by atoms with van der Waals surface area (Å²) in [5.74, 6) is 1.78. The second-order valence-corrected chi connectivity index (χ2v) is 6.84. The molecule has 1 aliphatic carbocycles. The highest BCUT2D eigenvalue weighted by atomic mass is 127. The van der Waals surface area contributed by atoms with Gasteiger partial charge in [-0.25, -0.2) is 4.99 Å². The number of benzene rings is 1. The fourth-order valence-corrected chi connectivity index (χ4v) is 3.57. The van der Waals surface area contributed by atoms with Gasteiger partial charge in [-0.15, -0.1) is 24.0 Å². The molecule has 0 radical (unpaired) electrons. The first-order valence-corrected chi connectivity index (χ1v) is 9.38. The number of hydrogen-bond donors (Lipinski definition) is 3. The average Bonchev–Trinajstić information content (AvgIpc) is 3.01. The number of guanidine groups is 1. The molecule has 3 N–H and O–H groups in total. The molecule has 0 spiro atoms. The largest absolute Gasteiger partial charge is 0.508 e. The van der Waals surface area contributed by atoms with E-state index in [1.54, 1.807) is 19.2 Å². The van der Waals surface area contributed by atoms with E-state index in [1.165, 1.54) is 19.3 Å². The van der Waals surface area contributed by atoms with Crippen molar-refractivity contribution in [3.05, 3.63) is 23.8 Å². The highest BCUT2D eigenvalue weighted by Crippen LogP contribution is 2.28. The second-order valence-electron chi connectivity index (χ2n) is 5.70.